The number of carbonyl (C=O) groups excluding carboxylic acids is 2. The average Bonchev–Trinajstić information content (AvgIpc) is 2.48. The third kappa shape index (κ3) is 4.41. The molecule has 1 N–H and O–H groups in total. The smallest absolute Gasteiger partial charge is 0.286 e. The molecule has 0 radical (unpaired) electrons. The average molecular weight is 291 g/mol. The quantitative estimate of drug-likeness (QED) is 0.848. The Balaban J connectivity index is 1.87. The molecule has 1 aromatic rings. The van der Waals surface area contributed by atoms with E-state index >= 15 is 0 Å². The third-order valence-electron chi connectivity index (χ3n) is 3.19. The molecule has 1 aromatic carbocycles. The molecule has 0 spiro atoms. The van der Waals surface area contributed by atoms with Crippen LogP contribution >= 0.6 is 0 Å². The van der Waals surface area contributed by atoms with Gasteiger partial charge in [0.05, 0.1) is 6.61 Å². The van der Waals surface area contributed by atoms with Crippen molar-refractivity contribution < 1.29 is 18.7 Å². The number of benzene rings is 1. The largest absolute Gasteiger partial charge is 0.488 e. The zero-order valence-electron chi connectivity index (χ0n) is 11.9. The molecule has 1 aliphatic rings. The predicted molar refractivity (Wildman–Crippen MR) is 76.2 cm³/mol. The first-order chi connectivity index (χ1) is 10.1. The van der Waals surface area contributed by atoms with Gasteiger partial charge in [-0.25, -0.2) is 4.39 Å². The monoisotopic (exact) mass is 291 g/mol. The lowest BCUT2D eigenvalue weighted by Gasteiger charge is -2.17. The molecule has 1 amide bonds. The Morgan fingerprint density at radius 3 is 2.67 bits per heavy atom. The maximum absolute atomic E-state index is 12.8. The van der Waals surface area contributed by atoms with Crippen LogP contribution in [0.25, 0.3) is 0 Å². The Morgan fingerprint density at radius 1 is 1.33 bits per heavy atom. The van der Waals surface area contributed by atoms with Gasteiger partial charge in [-0.3, -0.25) is 9.59 Å². The van der Waals surface area contributed by atoms with E-state index in [1.54, 1.807) is 13.0 Å². The fourth-order valence-corrected chi connectivity index (χ4v) is 2.09. The Kier molecular flexibility index (Phi) is 5.09. The minimum atomic E-state index is -0.380. The summed E-state index contributed by atoms with van der Waals surface area (Å²) in [7, 11) is 0. The summed E-state index contributed by atoms with van der Waals surface area (Å²) < 4.78 is 18.1. The summed E-state index contributed by atoms with van der Waals surface area (Å²) in [4.78, 5) is 23.9. The zero-order valence-corrected chi connectivity index (χ0v) is 11.9. The van der Waals surface area contributed by atoms with Crippen LogP contribution in [0, 0.1) is 5.82 Å². The van der Waals surface area contributed by atoms with Crippen LogP contribution in [-0.2, 0) is 9.53 Å². The highest BCUT2D eigenvalue weighted by Gasteiger charge is 2.18. The van der Waals surface area contributed by atoms with Crippen LogP contribution in [0.5, 0.6) is 0 Å². The summed E-state index contributed by atoms with van der Waals surface area (Å²) >= 11 is 0. The normalized spacial score (nSPS) is 15.6. The van der Waals surface area contributed by atoms with E-state index in [1.807, 2.05) is 0 Å². The van der Waals surface area contributed by atoms with Gasteiger partial charge >= 0.3 is 0 Å². The Morgan fingerprint density at radius 2 is 2.05 bits per heavy atom. The summed E-state index contributed by atoms with van der Waals surface area (Å²) in [6.45, 7) is 2.30. The second kappa shape index (κ2) is 7.02. The fraction of sp³-hybridized carbons (Fsp3) is 0.375. The molecule has 0 bridgehead atoms. The van der Waals surface area contributed by atoms with Crippen molar-refractivity contribution in [1.82, 2.24) is 5.32 Å². The van der Waals surface area contributed by atoms with Crippen molar-refractivity contribution in [1.29, 1.82) is 0 Å². The number of nitrogens with one attached hydrogen (secondary N) is 1. The lowest BCUT2D eigenvalue weighted by molar-refractivity contribution is -0.121. The van der Waals surface area contributed by atoms with Gasteiger partial charge in [0.1, 0.15) is 5.82 Å². The number of carbonyl (C=O) groups is 2. The second-order valence-corrected chi connectivity index (χ2v) is 5.07. The number of hydrogen-bond donors (Lipinski definition) is 1. The van der Waals surface area contributed by atoms with E-state index < -0.39 is 0 Å². The lowest BCUT2D eigenvalue weighted by Crippen LogP contribution is -2.36. The number of halogens is 1. The van der Waals surface area contributed by atoms with Crippen LogP contribution < -0.4 is 5.32 Å². The highest BCUT2D eigenvalue weighted by molar-refractivity contribution is 5.97. The summed E-state index contributed by atoms with van der Waals surface area (Å²) in [5, 5.41) is 2.73. The van der Waals surface area contributed by atoms with Crippen LogP contribution in [0.2, 0.25) is 0 Å². The number of Topliss-reactive ketones (excluding diaryl/α,β-unsaturated/α-hetero) is 1. The molecular formula is C16H18FNO3. The van der Waals surface area contributed by atoms with Gasteiger partial charge in [-0.05, 0) is 50.1 Å². The van der Waals surface area contributed by atoms with Crippen molar-refractivity contribution in [3.05, 3.63) is 47.5 Å². The van der Waals surface area contributed by atoms with Gasteiger partial charge < -0.3 is 10.1 Å². The minimum absolute atomic E-state index is 0.138. The Labute approximate surface area is 123 Å². The van der Waals surface area contributed by atoms with Crippen LogP contribution in [0.3, 0.4) is 0 Å². The molecule has 0 fully saturated rings. The van der Waals surface area contributed by atoms with Gasteiger partial charge in [0, 0.05) is 18.0 Å². The van der Waals surface area contributed by atoms with Crippen molar-refractivity contribution in [3.63, 3.8) is 0 Å². The van der Waals surface area contributed by atoms with Crippen molar-refractivity contribution >= 4 is 11.7 Å². The van der Waals surface area contributed by atoms with Crippen molar-refractivity contribution in [2.24, 2.45) is 0 Å². The van der Waals surface area contributed by atoms with Gasteiger partial charge in [-0.2, -0.15) is 0 Å². The number of amides is 1. The van der Waals surface area contributed by atoms with Gasteiger partial charge in [0.15, 0.2) is 11.5 Å². The van der Waals surface area contributed by atoms with E-state index in [0.29, 0.717) is 17.9 Å². The van der Waals surface area contributed by atoms with Crippen LogP contribution in [0.15, 0.2) is 36.1 Å². The molecule has 1 atom stereocenters. The molecule has 0 saturated carbocycles. The first kappa shape index (κ1) is 15.2. The van der Waals surface area contributed by atoms with E-state index in [-0.39, 0.29) is 30.0 Å². The van der Waals surface area contributed by atoms with E-state index in [9.17, 15) is 14.0 Å². The first-order valence-electron chi connectivity index (χ1n) is 6.99. The summed E-state index contributed by atoms with van der Waals surface area (Å²) in [6, 6.07) is 5.06. The number of ketones is 1. The molecule has 112 valence electrons. The molecule has 1 unspecified atom stereocenters. The number of ether oxygens (including phenoxy) is 1. The molecular weight excluding hydrogens is 273 g/mol. The molecule has 21 heavy (non-hydrogen) atoms. The van der Waals surface area contributed by atoms with E-state index in [1.165, 1.54) is 24.3 Å². The van der Waals surface area contributed by atoms with E-state index in [0.717, 1.165) is 12.8 Å². The number of hydrogen-bond acceptors (Lipinski definition) is 3. The SMILES string of the molecule is CC(CC(=O)c1ccc(F)cc1)NC(=O)C1=CCCCO1. The van der Waals surface area contributed by atoms with Crippen molar-refractivity contribution in [2.45, 2.75) is 32.2 Å². The number of allylic oxidation sites excluding steroid dienone is 1. The van der Waals surface area contributed by atoms with E-state index in [4.69, 9.17) is 4.74 Å². The highest BCUT2D eigenvalue weighted by Crippen LogP contribution is 2.11. The molecule has 0 aromatic heterocycles. The topological polar surface area (TPSA) is 55.4 Å². The van der Waals surface area contributed by atoms with Gasteiger partial charge in [-0.15, -0.1) is 0 Å². The summed E-state index contributed by atoms with van der Waals surface area (Å²) in [5.41, 5.74) is 0.436. The summed E-state index contributed by atoms with van der Waals surface area (Å²) in [5.74, 6) is -0.493. The van der Waals surface area contributed by atoms with Crippen LogP contribution in [-0.4, -0.2) is 24.3 Å². The number of rotatable bonds is 5. The maximum atomic E-state index is 12.8. The fourth-order valence-electron chi connectivity index (χ4n) is 2.09. The lowest BCUT2D eigenvalue weighted by atomic mass is 10.0. The Bertz CT molecular complexity index is 551. The second-order valence-electron chi connectivity index (χ2n) is 5.07. The molecule has 1 heterocycles. The molecule has 0 saturated heterocycles. The molecule has 1 aliphatic heterocycles. The van der Waals surface area contributed by atoms with Crippen LogP contribution in [0.4, 0.5) is 4.39 Å². The highest BCUT2D eigenvalue weighted by atomic mass is 19.1. The molecule has 0 aliphatic carbocycles. The predicted octanol–water partition coefficient (Wildman–Crippen LogP) is 2.60. The van der Waals surface area contributed by atoms with Gasteiger partial charge in [0.2, 0.25) is 0 Å². The minimum Gasteiger partial charge on any atom is -0.488 e. The molecule has 2 rings (SSSR count). The standard InChI is InChI=1S/C16H18FNO3/c1-11(18-16(20)15-4-2-3-9-21-15)10-14(19)12-5-7-13(17)8-6-12/h4-8,11H,2-3,9-10H2,1H3,(H,18,20). The van der Waals surface area contributed by atoms with Crippen LogP contribution in [0.1, 0.15) is 36.5 Å². The first-order valence-corrected chi connectivity index (χ1v) is 6.99. The van der Waals surface area contributed by atoms with Crippen molar-refractivity contribution in [3.8, 4) is 0 Å². The summed E-state index contributed by atoms with van der Waals surface area (Å²) in [6.07, 6.45) is 3.65. The third-order valence-corrected chi connectivity index (χ3v) is 3.19. The molecule has 4 nitrogen and oxygen atoms in total. The maximum Gasteiger partial charge on any atom is 0.286 e. The Hall–Kier alpha value is -2.17. The molecule has 5 heteroatoms. The van der Waals surface area contributed by atoms with Gasteiger partial charge in [-0.1, -0.05) is 0 Å². The van der Waals surface area contributed by atoms with Gasteiger partial charge in [0.25, 0.3) is 5.91 Å². The van der Waals surface area contributed by atoms with E-state index in [2.05, 4.69) is 5.32 Å². The van der Waals surface area contributed by atoms with Crippen molar-refractivity contribution in [2.75, 3.05) is 6.61 Å². The zero-order chi connectivity index (χ0) is 15.2.